The Morgan fingerprint density at radius 3 is 2.93 bits per heavy atom. The molecule has 0 saturated carbocycles. The SMILES string of the molecule is COc1cccc(OCC(=O)N2CCN(c3nc(N)nc4scnc34)CC2C)c1. The number of ether oxygens (including phenoxy) is 2. The molecule has 2 N–H and O–H groups in total. The van der Waals surface area contributed by atoms with Crippen LogP contribution in [0.2, 0.25) is 0 Å². The number of nitrogens with zero attached hydrogens (tertiary/aromatic N) is 5. The fourth-order valence-electron chi connectivity index (χ4n) is 3.42. The van der Waals surface area contributed by atoms with E-state index < -0.39 is 0 Å². The van der Waals surface area contributed by atoms with E-state index in [1.807, 2.05) is 24.0 Å². The van der Waals surface area contributed by atoms with Crippen LogP contribution in [0.3, 0.4) is 0 Å². The van der Waals surface area contributed by atoms with E-state index in [-0.39, 0.29) is 24.5 Å². The van der Waals surface area contributed by atoms with Crippen LogP contribution in [-0.2, 0) is 4.79 Å². The molecular weight excluding hydrogens is 392 g/mol. The van der Waals surface area contributed by atoms with Gasteiger partial charge in [0, 0.05) is 31.7 Å². The zero-order valence-electron chi connectivity index (χ0n) is 16.2. The largest absolute Gasteiger partial charge is 0.497 e. The highest BCUT2D eigenvalue weighted by atomic mass is 32.1. The van der Waals surface area contributed by atoms with Crippen LogP contribution in [0.5, 0.6) is 11.5 Å². The van der Waals surface area contributed by atoms with Gasteiger partial charge in [0.05, 0.1) is 12.6 Å². The first kappa shape index (κ1) is 19.2. The highest BCUT2D eigenvalue weighted by Crippen LogP contribution is 2.28. The Morgan fingerprint density at radius 2 is 2.14 bits per heavy atom. The first-order chi connectivity index (χ1) is 14.0. The van der Waals surface area contributed by atoms with Crippen molar-refractivity contribution < 1.29 is 14.3 Å². The number of nitrogen functional groups attached to an aromatic ring is 1. The Kier molecular flexibility index (Phi) is 5.34. The van der Waals surface area contributed by atoms with Crippen LogP contribution in [0.4, 0.5) is 11.8 Å². The summed E-state index contributed by atoms with van der Waals surface area (Å²) in [6, 6.07) is 7.21. The van der Waals surface area contributed by atoms with Crippen LogP contribution in [0.15, 0.2) is 29.8 Å². The van der Waals surface area contributed by atoms with Crippen molar-refractivity contribution in [1.29, 1.82) is 0 Å². The standard InChI is InChI=1S/C19H22N6O3S/c1-12-9-24(17-16-18(29-11-21-16)23-19(20)22-17)6-7-25(12)15(26)10-28-14-5-3-4-13(8-14)27-2/h3-5,8,11-12H,6-7,9-10H2,1-2H3,(H2,20,22,23). The first-order valence-electron chi connectivity index (χ1n) is 9.23. The minimum absolute atomic E-state index is 0.00460. The van der Waals surface area contributed by atoms with Crippen molar-refractivity contribution in [3.8, 4) is 11.5 Å². The summed E-state index contributed by atoms with van der Waals surface area (Å²) in [5.74, 6) is 2.19. The van der Waals surface area contributed by atoms with E-state index in [0.29, 0.717) is 31.1 Å². The van der Waals surface area contributed by atoms with Gasteiger partial charge in [0.15, 0.2) is 17.3 Å². The lowest BCUT2D eigenvalue weighted by molar-refractivity contribution is -0.135. The third-order valence-electron chi connectivity index (χ3n) is 4.85. The van der Waals surface area contributed by atoms with E-state index in [4.69, 9.17) is 15.2 Å². The van der Waals surface area contributed by atoms with Gasteiger partial charge in [-0.15, -0.1) is 11.3 Å². The van der Waals surface area contributed by atoms with Crippen molar-refractivity contribution in [2.24, 2.45) is 0 Å². The lowest BCUT2D eigenvalue weighted by Gasteiger charge is -2.40. The van der Waals surface area contributed by atoms with Gasteiger partial charge in [-0.2, -0.15) is 4.98 Å². The van der Waals surface area contributed by atoms with Crippen molar-refractivity contribution in [3.63, 3.8) is 0 Å². The quantitative estimate of drug-likeness (QED) is 0.673. The van der Waals surface area contributed by atoms with Gasteiger partial charge in [-0.3, -0.25) is 4.79 Å². The fourth-order valence-corrected chi connectivity index (χ4v) is 4.08. The van der Waals surface area contributed by atoms with Gasteiger partial charge >= 0.3 is 0 Å². The molecule has 0 aliphatic carbocycles. The Balaban J connectivity index is 1.40. The van der Waals surface area contributed by atoms with Crippen molar-refractivity contribution in [2.45, 2.75) is 13.0 Å². The number of carbonyl (C=O) groups excluding carboxylic acids is 1. The van der Waals surface area contributed by atoms with Gasteiger partial charge in [0.2, 0.25) is 5.95 Å². The summed E-state index contributed by atoms with van der Waals surface area (Å²) < 4.78 is 10.8. The van der Waals surface area contributed by atoms with Crippen LogP contribution in [0, 0.1) is 0 Å². The van der Waals surface area contributed by atoms with Gasteiger partial charge in [0.1, 0.15) is 17.0 Å². The summed E-state index contributed by atoms with van der Waals surface area (Å²) in [4.78, 5) is 30.4. The molecule has 3 aromatic rings. The molecule has 1 amide bonds. The van der Waals surface area contributed by atoms with Gasteiger partial charge in [-0.25, -0.2) is 9.97 Å². The minimum Gasteiger partial charge on any atom is -0.497 e. The maximum absolute atomic E-state index is 12.7. The number of anilines is 2. The van der Waals surface area contributed by atoms with Crippen molar-refractivity contribution >= 4 is 39.4 Å². The minimum atomic E-state index is -0.0547. The van der Waals surface area contributed by atoms with Crippen molar-refractivity contribution in [1.82, 2.24) is 19.9 Å². The Labute approximate surface area is 172 Å². The van der Waals surface area contributed by atoms with Crippen LogP contribution in [0.1, 0.15) is 6.92 Å². The third kappa shape index (κ3) is 4.02. The number of hydrogen-bond donors (Lipinski definition) is 1. The molecule has 1 saturated heterocycles. The van der Waals surface area contributed by atoms with E-state index >= 15 is 0 Å². The van der Waals surface area contributed by atoms with Gasteiger partial charge in [0.25, 0.3) is 5.91 Å². The number of rotatable bonds is 5. The number of methoxy groups -OCH3 is 1. The smallest absolute Gasteiger partial charge is 0.260 e. The predicted octanol–water partition coefficient (Wildman–Crippen LogP) is 1.79. The summed E-state index contributed by atoms with van der Waals surface area (Å²) in [6.07, 6.45) is 0. The number of aromatic nitrogens is 3. The molecule has 1 atom stereocenters. The molecule has 9 nitrogen and oxygen atoms in total. The second-order valence-corrected chi connectivity index (χ2v) is 7.59. The zero-order chi connectivity index (χ0) is 20.4. The van der Waals surface area contributed by atoms with E-state index in [0.717, 1.165) is 16.2 Å². The number of nitrogens with two attached hydrogens (primary N) is 1. The zero-order valence-corrected chi connectivity index (χ0v) is 17.1. The second kappa shape index (κ2) is 8.08. The molecule has 1 aromatic carbocycles. The summed E-state index contributed by atoms with van der Waals surface area (Å²) in [5.41, 5.74) is 8.34. The number of piperazine rings is 1. The first-order valence-corrected chi connectivity index (χ1v) is 10.1. The molecule has 10 heteroatoms. The Hall–Kier alpha value is -3.14. The molecule has 0 radical (unpaired) electrons. The molecule has 0 bridgehead atoms. The van der Waals surface area contributed by atoms with E-state index in [2.05, 4.69) is 19.9 Å². The molecule has 1 aliphatic rings. The average Bonchev–Trinajstić information content (AvgIpc) is 3.19. The van der Waals surface area contributed by atoms with Crippen LogP contribution in [0.25, 0.3) is 10.3 Å². The topological polar surface area (TPSA) is 107 Å². The van der Waals surface area contributed by atoms with Gasteiger partial charge in [-0.05, 0) is 19.1 Å². The summed E-state index contributed by atoms with van der Waals surface area (Å²) in [6.45, 7) is 3.83. The van der Waals surface area contributed by atoms with Crippen LogP contribution >= 0.6 is 11.3 Å². The lowest BCUT2D eigenvalue weighted by atomic mass is 10.2. The van der Waals surface area contributed by atoms with Crippen LogP contribution in [-0.4, -0.2) is 65.2 Å². The third-order valence-corrected chi connectivity index (χ3v) is 5.57. The molecule has 4 rings (SSSR count). The monoisotopic (exact) mass is 414 g/mol. The Morgan fingerprint density at radius 1 is 1.31 bits per heavy atom. The number of carbonyl (C=O) groups is 1. The number of amides is 1. The van der Waals surface area contributed by atoms with Gasteiger partial charge in [-0.1, -0.05) is 6.07 Å². The number of benzene rings is 1. The summed E-state index contributed by atoms with van der Waals surface area (Å²) >= 11 is 1.43. The lowest BCUT2D eigenvalue weighted by Crippen LogP contribution is -2.55. The molecule has 29 heavy (non-hydrogen) atoms. The van der Waals surface area contributed by atoms with Gasteiger partial charge < -0.3 is 25.0 Å². The maximum atomic E-state index is 12.7. The maximum Gasteiger partial charge on any atom is 0.260 e. The molecule has 3 heterocycles. The van der Waals surface area contributed by atoms with Crippen LogP contribution < -0.4 is 20.1 Å². The number of thiazole rings is 1. The molecule has 152 valence electrons. The average molecular weight is 414 g/mol. The summed E-state index contributed by atoms with van der Waals surface area (Å²) in [5, 5.41) is 0. The van der Waals surface area contributed by atoms with E-state index in [1.165, 1.54) is 11.3 Å². The van der Waals surface area contributed by atoms with Crippen molar-refractivity contribution in [2.75, 3.05) is 44.0 Å². The highest BCUT2D eigenvalue weighted by Gasteiger charge is 2.29. The normalized spacial score (nSPS) is 16.8. The summed E-state index contributed by atoms with van der Waals surface area (Å²) in [7, 11) is 1.59. The molecule has 1 fully saturated rings. The number of fused-ring (bicyclic) bond motifs is 1. The second-order valence-electron chi connectivity index (χ2n) is 6.76. The van der Waals surface area contributed by atoms with E-state index in [9.17, 15) is 4.79 Å². The number of hydrogen-bond acceptors (Lipinski definition) is 9. The molecular formula is C19H22N6O3S. The molecule has 1 aliphatic heterocycles. The highest BCUT2D eigenvalue weighted by molar-refractivity contribution is 7.16. The predicted molar refractivity (Wildman–Crippen MR) is 111 cm³/mol. The molecule has 2 aromatic heterocycles. The Bertz CT molecular complexity index is 1030. The van der Waals surface area contributed by atoms with E-state index in [1.54, 1.807) is 24.8 Å². The molecule has 1 unspecified atom stereocenters. The fraction of sp³-hybridized carbons (Fsp3) is 0.368. The van der Waals surface area contributed by atoms with Crippen molar-refractivity contribution in [3.05, 3.63) is 29.8 Å². The molecule has 0 spiro atoms.